The van der Waals surface area contributed by atoms with E-state index in [2.05, 4.69) is 5.10 Å². The van der Waals surface area contributed by atoms with Gasteiger partial charge >= 0.3 is 0 Å². The van der Waals surface area contributed by atoms with Crippen LogP contribution < -0.4 is 0 Å². The minimum atomic E-state index is -0.476. The van der Waals surface area contributed by atoms with Crippen LogP contribution in [-0.4, -0.2) is 40.0 Å². The van der Waals surface area contributed by atoms with Crippen LogP contribution in [0.3, 0.4) is 0 Å². The topological polar surface area (TPSA) is 56.5 Å². The zero-order valence-corrected chi connectivity index (χ0v) is 9.08. The summed E-state index contributed by atoms with van der Waals surface area (Å²) in [5.74, 6) is -0.476. The molecule has 1 N–H and O–H groups in total. The standard InChI is InChI=1S/C11H16N2O3/c14-10-2-3-11(15-6-7-16-11)8-9(10)13-5-1-4-12-13/h1,4-5,9-10,14H,2-3,6-8H2. The molecule has 5 heteroatoms. The van der Waals surface area contributed by atoms with Crippen molar-refractivity contribution >= 4 is 0 Å². The molecule has 3 rings (SSSR count). The van der Waals surface area contributed by atoms with E-state index in [1.165, 1.54) is 0 Å². The summed E-state index contributed by atoms with van der Waals surface area (Å²) in [6.45, 7) is 1.31. The maximum absolute atomic E-state index is 10.0. The smallest absolute Gasteiger partial charge is 0.170 e. The molecule has 0 amide bonds. The highest BCUT2D eigenvalue weighted by Gasteiger charge is 2.45. The van der Waals surface area contributed by atoms with Gasteiger partial charge in [-0.05, 0) is 12.5 Å². The lowest BCUT2D eigenvalue weighted by molar-refractivity contribution is -0.200. The zero-order chi connectivity index (χ0) is 11.0. The van der Waals surface area contributed by atoms with Crippen LogP contribution in [-0.2, 0) is 9.47 Å². The first kappa shape index (κ1) is 10.3. The Labute approximate surface area is 94.0 Å². The molecule has 2 fully saturated rings. The summed E-state index contributed by atoms with van der Waals surface area (Å²) in [4.78, 5) is 0. The number of rotatable bonds is 1. The summed E-state index contributed by atoms with van der Waals surface area (Å²) in [6.07, 6.45) is 5.39. The minimum absolute atomic E-state index is 0.0400. The van der Waals surface area contributed by atoms with Gasteiger partial charge in [0.05, 0.1) is 25.4 Å². The predicted molar refractivity (Wildman–Crippen MR) is 55.8 cm³/mol. The molecule has 1 saturated carbocycles. The Morgan fingerprint density at radius 1 is 1.38 bits per heavy atom. The quantitative estimate of drug-likeness (QED) is 0.763. The molecule has 0 aromatic carbocycles. The molecule has 0 radical (unpaired) electrons. The predicted octanol–water partition coefficient (Wildman–Crippen LogP) is 0.712. The molecule has 2 heterocycles. The van der Waals surface area contributed by atoms with Gasteiger partial charge in [0, 0.05) is 25.2 Å². The maximum Gasteiger partial charge on any atom is 0.170 e. The summed E-state index contributed by atoms with van der Waals surface area (Å²) in [5, 5.41) is 14.2. The molecule has 1 aromatic rings. The van der Waals surface area contributed by atoms with Crippen LogP contribution in [0.1, 0.15) is 25.3 Å². The second-order valence-corrected chi connectivity index (χ2v) is 4.47. The molecule has 2 atom stereocenters. The van der Waals surface area contributed by atoms with E-state index in [1.807, 2.05) is 12.3 Å². The maximum atomic E-state index is 10.0. The van der Waals surface area contributed by atoms with E-state index >= 15 is 0 Å². The van der Waals surface area contributed by atoms with Crippen molar-refractivity contribution in [1.82, 2.24) is 9.78 Å². The van der Waals surface area contributed by atoms with Gasteiger partial charge in [-0.2, -0.15) is 5.10 Å². The van der Waals surface area contributed by atoms with Crippen LogP contribution >= 0.6 is 0 Å². The first-order chi connectivity index (χ1) is 7.79. The number of hydrogen-bond donors (Lipinski definition) is 1. The van der Waals surface area contributed by atoms with Crippen LogP contribution in [0.15, 0.2) is 18.5 Å². The average Bonchev–Trinajstić information content (AvgIpc) is 2.94. The Kier molecular flexibility index (Phi) is 2.46. The zero-order valence-electron chi connectivity index (χ0n) is 9.08. The van der Waals surface area contributed by atoms with Crippen LogP contribution in [0.5, 0.6) is 0 Å². The van der Waals surface area contributed by atoms with Gasteiger partial charge in [-0.1, -0.05) is 0 Å². The Morgan fingerprint density at radius 2 is 2.19 bits per heavy atom. The third-order valence-electron chi connectivity index (χ3n) is 3.46. The second-order valence-electron chi connectivity index (χ2n) is 4.47. The molecule has 2 aliphatic rings. The van der Waals surface area contributed by atoms with Gasteiger partial charge in [0.2, 0.25) is 0 Å². The monoisotopic (exact) mass is 224 g/mol. The van der Waals surface area contributed by atoms with E-state index in [4.69, 9.17) is 9.47 Å². The molecular formula is C11H16N2O3. The number of hydrogen-bond acceptors (Lipinski definition) is 4. The van der Waals surface area contributed by atoms with E-state index in [1.54, 1.807) is 10.9 Å². The van der Waals surface area contributed by atoms with Crippen molar-refractivity contribution in [2.75, 3.05) is 13.2 Å². The van der Waals surface area contributed by atoms with E-state index in [0.717, 1.165) is 6.42 Å². The highest BCUT2D eigenvalue weighted by Crippen LogP contribution is 2.40. The van der Waals surface area contributed by atoms with Crippen LogP contribution in [0.25, 0.3) is 0 Å². The highest BCUT2D eigenvalue weighted by atomic mass is 16.7. The Hall–Kier alpha value is -0.910. The first-order valence-corrected chi connectivity index (χ1v) is 5.74. The number of aromatic nitrogens is 2. The number of aliphatic hydroxyl groups is 1. The van der Waals surface area contributed by atoms with Gasteiger partial charge < -0.3 is 14.6 Å². The lowest BCUT2D eigenvalue weighted by atomic mass is 9.87. The molecule has 1 aliphatic carbocycles. The summed E-state index contributed by atoms with van der Waals surface area (Å²) >= 11 is 0. The second kappa shape index (κ2) is 3.84. The van der Waals surface area contributed by atoms with Gasteiger partial charge in [0.25, 0.3) is 0 Å². The lowest BCUT2D eigenvalue weighted by Crippen LogP contribution is -2.43. The molecule has 16 heavy (non-hydrogen) atoms. The van der Waals surface area contributed by atoms with E-state index in [9.17, 15) is 5.11 Å². The molecule has 1 saturated heterocycles. The fraction of sp³-hybridized carbons (Fsp3) is 0.727. The molecule has 5 nitrogen and oxygen atoms in total. The van der Waals surface area contributed by atoms with Gasteiger partial charge in [-0.3, -0.25) is 4.68 Å². The summed E-state index contributed by atoms with van der Waals surface area (Å²) < 4.78 is 13.2. The highest BCUT2D eigenvalue weighted by molar-refractivity contribution is 4.93. The van der Waals surface area contributed by atoms with Crippen LogP contribution in [0, 0.1) is 0 Å². The largest absolute Gasteiger partial charge is 0.391 e. The number of nitrogens with zero attached hydrogens (tertiary/aromatic N) is 2. The Morgan fingerprint density at radius 3 is 2.88 bits per heavy atom. The SMILES string of the molecule is OC1CCC2(CC1n1cccn1)OCCO2. The van der Waals surface area contributed by atoms with Gasteiger partial charge in [-0.15, -0.1) is 0 Å². The molecule has 2 unspecified atom stereocenters. The molecule has 1 spiro atoms. The summed E-state index contributed by atoms with van der Waals surface area (Å²) in [7, 11) is 0. The number of ether oxygens (including phenoxy) is 2. The molecule has 0 bridgehead atoms. The van der Waals surface area contributed by atoms with Crippen molar-refractivity contribution in [1.29, 1.82) is 0 Å². The van der Waals surface area contributed by atoms with E-state index in [-0.39, 0.29) is 12.1 Å². The Balaban J connectivity index is 1.81. The normalized spacial score (nSPS) is 33.3. The third kappa shape index (κ3) is 1.65. The van der Waals surface area contributed by atoms with Crippen LogP contribution in [0.4, 0.5) is 0 Å². The fourth-order valence-electron chi connectivity index (χ4n) is 2.62. The van der Waals surface area contributed by atoms with Crippen molar-refractivity contribution in [3.63, 3.8) is 0 Å². The van der Waals surface area contributed by atoms with Crippen LogP contribution in [0.2, 0.25) is 0 Å². The third-order valence-corrected chi connectivity index (χ3v) is 3.46. The van der Waals surface area contributed by atoms with Gasteiger partial charge in [-0.25, -0.2) is 0 Å². The fourth-order valence-corrected chi connectivity index (χ4v) is 2.62. The molecular weight excluding hydrogens is 208 g/mol. The Bertz CT molecular complexity index is 346. The first-order valence-electron chi connectivity index (χ1n) is 5.74. The van der Waals surface area contributed by atoms with Crippen molar-refractivity contribution in [2.45, 2.75) is 37.2 Å². The minimum Gasteiger partial charge on any atom is -0.391 e. The molecule has 1 aromatic heterocycles. The van der Waals surface area contributed by atoms with E-state index in [0.29, 0.717) is 26.1 Å². The van der Waals surface area contributed by atoms with Crippen molar-refractivity contribution in [3.05, 3.63) is 18.5 Å². The van der Waals surface area contributed by atoms with Gasteiger partial charge in [0.15, 0.2) is 5.79 Å². The molecule has 1 aliphatic heterocycles. The molecule has 88 valence electrons. The van der Waals surface area contributed by atoms with Crippen molar-refractivity contribution in [3.8, 4) is 0 Å². The van der Waals surface area contributed by atoms with E-state index < -0.39 is 5.79 Å². The summed E-state index contributed by atoms with van der Waals surface area (Å²) in [6, 6.07) is 1.83. The summed E-state index contributed by atoms with van der Waals surface area (Å²) in [5.41, 5.74) is 0. The van der Waals surface area contributed by atoms with Crippen molar-refractivity contribution < 1.29 is 14.6 Å². The van der Waals surface area contributed by atoms with Gasteiger partial charge in [0.1, 0.15) is 0 Å². The number of aliphatic hydroxyl groups excluding tert-OH is 1. The average molecular weight is 224 g/mol. The van der Waals surface area contributed by atoms with Crippen molar-refractivity contribution in [2.24, 2.45) is 0 Å². The lowest BCUT2D eigenvalue weighted by Gasteiger charge is -2.38.